The van der Waals surface area contributed by atoms with E-state index >= 15 is 0 Å². The zero-order valence-electron chi connectivity index (χ0n) is 11.6. The van der Waals surface area contributed by atoms with E-state index in [4.69, 9.17) is 4.74 Å². The SMILES string of the molecule is c1ccc(Oc2ncnc3scc(-c4ccccc4)c23)cc1. The number of thiophene rings is 1. The smallest absolute Gasteiger partial charge is 0.231 e. The molecule has 2 heterocycles. The number of nitrogens with zero attached hydrogens (tertiary/aromatic N) is 2. The minimum Gasteiger partial charge on any atom is -0.438 e. The second kappa shape index (κ2) is 5.58. The van der Waals surface area contributed by atoms with Gasteiger partial charge in [-0.05, 0) is 17.7 Å². The summed E-state index contributed by atoms with van der Waals surface area (Å²) in [4.78, 5) is 9.62. The number of para-hydroxylation sites is 1. The molecule has 0 radical (unpaired) electrons. The van der Waals surface area contributed by atoms with Crippen LogP contribution in [0.15, 0.2) is 72.4 Å². The molecule has 0 unspecified atom stereocenters. The Morgan fingerprint density at radius 2 is 1.55 bits per heavy atom. The molecule has 0 spiro atoms. The Bertz CT molecular complexity index is 904. The molecule has 106 valence electrons. The van der Waals surface area contributed by atoms with E-state index < -0.39 is 0 Å². The van der Waals surface area contributed by atoms with Crippen molar-refractivity contribution in [3.8, 4) is 22.8 Å². The van der Waals surface area contributed by atoms with Crippen LogP contribution in [0.2, 0.25) is 0 Å². The first-order chi connectivity index (χ1) is 10.9. The molecule has 0 amide bonds. The molecule has 0 bridgehead atoms. The first-order valence-electron chi connectivity index (χ1n) is 6.92. The van der Waals surface area contributed by atoms with Gasteiger partial charge in [-0.3, -0.25) is 0 Å². The lowest BCUT2D eigenvalue weighted by atomic mass is 10.1. The largest absolute Gasteiger partial charge is 0.438 e. The summed E-state index contributed by atoms with van der Waals surface area (Å²) in [5.74, 6) is 1.36. The predicted molar refractivity (Wildman–Crippen MR) is 89.4 cm³/mol. The first kappa shape index (κ1) is 13.0. The van der Waals surface area contributed by atoms with Gasteiger partial charge in [0, 0.05) is 10.9 Å². The third-order valence-corrected chi connectivity index (χ3v) is 4.26. The van der Waals surface area contributed by atoms with Crippen LogP contribution in [0.1, 0.15) is 0 Å². The molecule has 0 saturated heterocycles. The standard InChI is InChI=1S/C18H12N2OS/c1-3-7-13(8-4-1)15-11-22-18-16(15)17(19-12-20-18)21-14-9-5-2-6-10-14/h1-12H. The molecule has 22 heavy (non-hydrogen) atoms. The summed E-state index contributed by atoms with van der Waals surface area (Å²) in [6, 6.07) is 19.9. The van der Waals surface area contributed by atoms with Crippen LogP contribution >= 0.6 is 11.3 Å². The van der Waals surface area contributed by atoms with Crippen molar-refractivity contribution in [3.05, 3.63) is 72.4 Å². The summed E-state index contributed by atoms with van der Waals surface area (Å²) in [5, 5.41) is 3.06. The lowest BCUT2D eigenvalue weighted by molar-refractivity contribution is 0.468. The van der Waals surface area contributed by atoms with Gasteiger partial charge >= 0.3 is 0 Å². The Kier molecular flexibility index (Phi) is 3.29. The quantitative estimate of drug-likeness (QED) is 0.525. The number of aromatic nitrogens is 2. The van der Waals surface area contributed by atoms with E-state index in [2.05, 4.69) is 27.5 Å². The maximum Gasteiger partial charge on any atom is 0.231 e. The summed E-state index contributed by atoms with van der Waals surface area (Å²) in [6.45, 7) is 0. The van der Waals surface area contributed by atoms with Crippen molar-refractivity contribution < 1.29 is 4.74 Å². The van der Waals surface area contributed by atoms with Gasteiger partial charge in [0.05, 0.1) is 5.39 Å². The van der Waals surface area contributed by atoms with Gasteiger partial charge in [0.1, 0.15) is 16.9 Å². The number of benzene rings is 2. The Balaban J connectivity index is 1.87. The highest BCUT2D eigenvalue weighted by atomic mass is 32.1. The average Bonchev–Trinajstić information content (AvgIpc) is 3.02. The summed E-state index contributed by atoms with van der Waals surface area (Å²) in [5.41, 5.74) is 2.24. The molecule has 0 aliphatic rings. The minimum absolute atomic E-state index is 0.594. The van der Waals surface area contributed by atoms with Gasteiger partial charge in [0.25, 0.3) is 0 Å². The van der Waals surface area contributed by atoms with E-state index in [1.54, 1.807) is 17.7 Å². The Morgan fingerprint density at radius 1 is 0.818 bits per heavy atom. The maximum atomic E-state index is 5.97. The van der Waals surface area contributed by atoms with Gasteiger partial charge in [-0.25, -0.2) is 9.97 Å². The van der Waals surface area contributed by atoms with Crippen molar-refractivity contribution in [2.24, 2.45) is 0 Å². The van der Waals surface area contributed by atoms with Crippen molar-refractivity contribution in [1.82, 2.24) is 9.97 Å². The summed E-state index contributed by atoms with van der Waals surface area (Å²) >= 11 is 1.60. The fourth-order valence-corrected chi connectivity index (χ4v) is 3.26. The van der Waals surface area contributed by atoms with Gasteiger partial charge in [-0.15, -0.1) is 11.3 Å². The molecule has 0 atom stereocenters. The van der Waals surface area contributed by atoms with Crippen LogP contribution in [0, 0.1) is 0 Å². The lowest BCUT2D eigenvalue weighted by Gasteiger charge is -2.07. The molecule has 3 nitrogen and oxygen atoms in total. The highest BCUT2D eigenvalue weighted by Gasteiger charge is 2.14. The van der Waals surface area contributed by atoms with E-state index in [1.807, 2.05) is 48.5 Å². The summed E-state index contributed by atoms with van der Waals surface area (Å²) < 4.78 is 5.97. The Morgan fingerprint density at radius 3 is 2.32 bits per heavy atom. The van der Waals surface area contributed by atoms with Crippen LogP contribution in [0.25, 0.3) is 21.3 Å². The number of hydrogen-bond acceptors (Lipinski definition) is 4. The lowest BCUT2D eigenvalue weighted by Crippen LogP contribution is -1.90. The Hall–Kier alpha value is -2.72. The number of fused-ring (bicyclic) bond motifs is 1. The molecule has 0 saturated carbocycles. The first-order valence-corrected chi connectivity index (χ1v) is 7.80. The monoisotopic (exact) mass is 304 g/mol. The second-order valence-electron chi connectivity index (χ2n) is 4.79. The van der Waals surface area contributed by atoms with E-state index in [9.17, 15) is 0 Å². The second-order valence-corrected chi connectivity index (χ2v) is 5.65. The maximum absolute atomic E-state index is 5.97. The topological polar surface area (TPSA) is 35.0 Å². The Labute approximate surface area is 131 Å². The molecule has 2 aromatic carbocycles. The van der Waals surface area contributed by atoms with Crippen LogP contribution in [0.5, 0.6) is 11.6 Å². The molecule has 2 aromatic heterocycles. The molecular formula is C18H12N2OS. The highest BCUT2D eigenvalue weighted by Crippen LogP contribution is 2.38. The molecule has 0 aliphatic carbocycles. The molecular weight excluding hydrogens is 292 g/mol. The molecule has 4 rings (SSSR count). The third kappa shape index (κ3) is 2.34. The van der Waals surface area contributed by atoms with Crippen molar-refractivity contribution in [2.75, 3.05) is 0 Å². The number of hydrogen-bond donors (Lipinski definition) is 0. The van der Waals surface area contributed by atoms with Gasteiger partial charge in [0.15, 0.2) is 0 Å². The average molecular weight is 304 g/mol. The number of rotatable bonds is 3. The van der Waals surface area contributed by atoms with Crippen LogP contribution in [0.4, 0.5) is 0 Å². The predicted octanol–water partition coefficient (Wildman–Crippen LogP) is 5.15. The van der Waals surface area contributed by atoms with Crippen LogP contribution in [-0.4, -0.2) is 9.97 Å². The molecule has 0 aliphatic heterocycles. The van der Waals surface area contributed by atoms with Crippen molar-refractivity contribution in [2.45, 2.75) is 0 Å². The van der Waals surface area contributed by atoms with Gasteiger partial charge < -0.3 is 4.74 Å². The summed E-state index contributed by atoms with van der Waals surface area (Å²) in [7, 11) is 0. The van der Waals surface area contributed by atoms with Gasteiger partial charge in [-0.1, -0.05) is 48.5 Å². The van der Waals surface area contributed by atoms with Crippen LogP contribution in [-0.2, 0) is 0 Å². The normalized spacial score (nSPS) is 10.7. The number of ether oxygens (including phenoxy) is 1. The van der Waals surface area contributed by atoms with E-state index in [0.29, 0.717) is 5.88 Å². The van der Waals surface area contributed by atoms with Crippen molar-refractivity contribution >= 4 is 21.6 Å². The molecule has 0 fully saturated rings. The molecule has 0 N–H and O–H groups in total. The zero-order valence-corrected chi connectivity index (χ0v) is 12.5. The third-order valence-electron chi connectivity index (χ3n) is 3.38. The van der Waals surface area contributed by atoms with Gasteiger partial charge in [0.2, 0.25) is 5.88 Å². The minimum atomic E-state index is 0.594. The van der Waals surface area contributed by atoms with Crippen LogP contribution < -0.4 is 4.74 Å². The van der Waals surface area contributed by atoms with Gasteiger partial charge in [-0.2, -0.15) is 0 Å². The van der Waals surface area contributed by atoms with E-state index in [-0.39, 0.29) is 0 Å². The van der Waals surface area contributed by atoms with Crippen molar-refractivity contribution in [1.29, 1.82) is 0 Å². The highest BCUT2D eigenvalue weighted by molar-refractivity contribution is 7.17. The van der Waals surface area contributed by atoms with Crippen molar-refractivity contribution in [3.63, 3.8) is 0 Å². The van der Waals surface area contributed by atoms with E-state index in [0.717, 1.165) is 27.1 Å². The summed E-state index contributed by atoms with van der Waals surface area (Å²) in [6.07, 6.45) is 1.55. The molecule has 4 aromatic rings. The molecule has 4 heteroatoms. The van der Waals surface area contributed by atoms with Crippen LogP contribution in [0.3, 0.4) is 0 Å². The zero-order chi connectivity index (χ0) is 14.8. The van der Waals surface area contributed by atoms with E-state index in [1.165, 1.54) is 0 Å². The fraction of sp³-hybridized carbons (Fsp3) is 0. The fourth-order valence-electron chi connectivity index (χ4n) is 2.36.